The third-order valence-electron chi connectivity index (χ3n) is 2.63. The minimum atomic E-state index is 0.129. The molecule has 1 aromatic rings. The van der Waals surface area contributed by atoms with Crippen LogP contribution in [-0.2, 0) is 4.79 Å². The number of hydrogen-bond acceptors (Lipinski definition) is 1. The molecule has 0 saturated heterocycles. The van der Waals surface area contributed by atoms with Crippen molar-refractivity contribution in [3.63, 3.8) is 0 Å². The molecule has 1 amide bonds. The predicted molar refractivity (Wildman–Crippen MR) is 62.8 cm³/mol. The Balaban J connectivity index is 2.53. The summed E-state index contributed by atoms with van der Waals surface area (Å²) in [6.45, 7) is 4.77. The monoisotopic (exact) mass is 205 g/mol. The zero-order valence-corrected chi connectivity index (χ0v) is 9.49. The summed E-state index contributed by atoms with van der Waals surface area (Å²) in [5, 5.41) is 2.94. The molecule has 0 fully saturated rings. The van der Waals surface area contributed by atoms with E-state index in [0.29, 0.717) is 12.3 Å². The van der Waals surface area contributed by atoms with Crippen molar-refractivity contribution < 1.29 is 4.79 Å². The van der Waals surface area contributed by atoms with Gasteiger partial charge in [0.2, 0.25) is 5.91 Å². The average molecular weight is 205 g/mol. The maximum atomic E-state index is 11.2. The molecular formula is C13H19NO. The molecule has 0 aliphatic heterocycles. The molecule has 0 aliphatic carbocycles. The largest absolute Gasteiger partial charge is 0.356 e. The first kappa shape index (κ1) is 11.8. The summed E-state index contributed by atoms with van der Waals surface area (Å²) in [5.41, 5.74) is 1.30. The van der Waals surface area contributed by atoms with E-state index in [9.17, 15) is 4.79 Å². The summed E-state index contributed by atoms with van der Waals surface area (Å²) in [6, 6.07) is 10.3. The fourth-order valence-electron chi connectivity index (χ4n) is 1.59. The molecule has 15 heavy (non-hydrogen) atoms. The summed E-state index contributed by atoms with van der Waals surface area (Å²) in [7, 11) is 0. The zero-order chi connectivity index (χ0) is 11.1. The van der Waals surface area contributed by atoms with E-state index < -0.39 is 0 Å². The highest BCUT2D eigenvalue weighted by Gasteiger charge is 2.09. The van der Waals surface area contributed by atoms with E-state index in [4.69, 9.17) is 0 Å². The van der Waals surface area contributed by atoms with Crippen molar-refractivity contribution in [2.45, 2.75) is 32.6 Å². The van der Waals surface area contributed by atoms with E-state index in [1.165, 1.54) is 5.56 Å². The van der Waals surface area contributed by atoms with E-state index >= 15 is 0 Å². The Hall–Kier alpha value is -1.31. The zero-order valence-electron chi connectivity index (χ0n) is 9.49. The van der Waals surface area contributed by atoms with Gasteiger partial charge in [0.15, 0.2) is 0 Å². The Morgan fingerprint density at radius 3 is 2.47 bits per heavy atom. The van der Waals surface area contributed by atoms with Gasteiger partial charge in [-0.1, -0.05) is 44.2 Å². The minimum Gasteiger partial charge on any atom is -0.356 e. The average Bonchev–Trinajstić information content (AvgIpc) is 2.31. The summed E-state index contributed by atoms with van der Waals surface area (Å²) in [6.07, 6.45) is 1.61. The van der Waals surface area contributed by atoms with Crippen LogP contribution in [0.1, 0.15) is 38.2 Å². The Bertz CT molecular complexity index is 295. The lowest BCUT2D eigenvalue weighted by Crippen LogP contribution is -2.27. The van der Waals surface area contributed by atoms with Crippen LogP contribution in [0.2, 0.25) is 0 Å². The highest BCUT2D eigenvalue weighted by molar-refractivity contribution is 5.75. The number of amides is 1. The molecule has 2 heteroatoms. The van der Waals surface area contributed by atoms with Crippen LogP contribution in [0.25, 0.3) is 0 Å². The summed E-state index contributed by atoms with van der Waals surface area (Å²) in [4.78, 5) is 11.2. The third kappa shape index (κ3) is 3.74. The van der Waals surface area contributed by atoms with Gasteiger partial charge in [0, 0.05) is 18.9 Å². The molecular weight excluding hydrogens is 186 g/mol. The van der Waals surface area contributed by atoms with E-state index in [0.717, 1.165) is 13.0 Å². The molecule has 0 saturated carbocycles. The lowest BCUT2D eigenvalue weighted by Gasteiger charge is -2.15. The number of hydrogen-bond donors (Lipinski definition) is 1. The van der Waals surface area contributed by atoms with Gasteiger partial charge in [0.25, 0.3) is 0 Å². The number of nitrogens with one attached hydrogen (secondary N) is 1. The number of rotatable bonds is 5. The van der Waals surface area contributed by atoms with E-state index in [1.807, 2.05) is 25.1 Å². The van der Waals surface area contributed by atoms with Crippen molar-refractivity contribution in [3.05, 3.63) is 35.9 Å². The molecule has 0 spiro atoms. The van der Waals surface area contributed by atoms with Gasteiger partial charge in [-0.25, -0.2) is 0 Å². The van der Waals surface area contributed by atoms with E-state index in [-0.39, 0.29) is 5.91 Å². The van der Waals surface area contributed by atoms with Crippen molar-refractivity contribution in [2.75, 3.05) is 6.54 Å². The second-order valence-corrected chi connectivity index (χ2v) is 3.67. The molecule has 0 bridgehead atoms. The second-order valence-electron chi connectivity index (χ2n) is 3.67. The Kier molecular flexibility index (Phi) is 4.88. The topological polar surface area (TPSA) is 29.1 Å². The van der Waals surface area contributed by atoms with Crippen LogP contribution < -0.4 is 5.32 Å². The van der Waals surface area contributed by atoms with Crippen LogP contribution in [0.15, 0.2) is 30.3 Å². The van der Waals surface area contributed by atoms with Gasteiger partial charge in [-0.2, -0.15) is 0 Å². The van der Waals surface area contributed by atoms with Gasteiger partial charge < -0.3 is 5.32 Å². The highest BCUT2D eigenvalue weighted by Crippen LogP contribution is 2.17. The smallest absolute Gasteiger partial charge is 0.219 e. The predicted octanol–water partition coefficient (Wildman–Crippen LogP) is 2.71. The third-order valence-corrected chi connectivity index (χ3v) is 2.63. The number of carbonyl (C=O) groups is 1. The number of benzene rings is 1. The van der Waals surface area contributed by atoms with Crippen molar-refractivity contribution in [1.82, 2.24) is 5.32 Å². The molecule has 0 aliphatic rings. The van der Waals surface area contributed by atoms with Gasteiger partial charge in [-0.3, -0.25) is 4.79 Å². The summed E-state index contributed by atoms with van der Waals surface area (Å²) < 4.78 is 0. The van der Waals surface area contributed by atoms with Crippen LogP contribution in [0, 0.1) is 0 Å². The fraction of sp³-hybridized carbons (Fsp3) is 0.462. The molecule has 0 aromatic heterocycles. The molecule has 1 atom stereocenters. The van der Waals surface area contributed by atoms with Gasteiger partial charge in [-0.15, -0.1) is 0 Å². The van der Waals surface area contributed by atoms with Gasteiger partial charge in [0.1, 0.15) is 0 Å². The summed E-state index contributed by atoms with van der Waals surface area (Å²) >= 11 is 0. The maximum Gasteiger partial charge on any atom is 0.219 e. The standard InChI is InChI=1S/C13H19NO/c1-3-11(10-14-13(15)4-2)12-8-6-5-7-9-12/h5-9,11H,3-4,10H2,1-2H3,(H,14,15)/t11-/m0/s1. The van der Waals surface area contributed by atoms with Crippen LogP contribution >= 0.6 is 0 Å². The molecule has 82 valence electrons. The molecule has 1 aromatic carbocycles. The van der Waals surface area contributed by atoms with Gasteiger partial charge in [0.05, 0.1) is 0 Å². The first-order valence-electron chi connectivity index (χ1n) is 5.59. The lowest BCUT2D eigenvalue weighted by molar-refractivity contribution is -0.120. The Morgan fingerprint density at radius 2 is 1.93 bits per heavy atom. The highest BCUT2D eigenvalue weighted by atomic mass is 16.1. The normalized spacial score (nSPS) is 12.1. The van der Waals surface area contributed by atoms with Crippen LogP contribution in [0.3, 0.4) is 0 Å². The first-order valence-corrected chi connectivity index (χ1v) is 5.59. The maximum absolute atomic E-state index is 11.2. The Morgan fingerprint density at radius 1 is 1.27 bits per heavy atom. The Labute approximate surface area is 91.7 Å². The second kappa shape index (κ2) is 6.23. The van der Waals surface area contributed by atoms with Crippen molar-refractivity contribution in [1.29, 1.82) is 0 Å². The van der Waals surface area contributed by atoms with Crippen molar-refractivity contribution in [2.24, 2.45) is 0 Å². The molecule has 0 heterocycles. The SMILES string of the molecule is CCC(=O)NC[C@H](CC)c1ccccc1. The quantitative estimate of drug-likeness (QED) is 0.786. The first-order chi connectivity index (χ1) is 7.27. The van der Waals surface area contributed by atoms with E-state index in [2.05, 4.69) is 24.4 Å². The van der Waals surface area contributed by atoms with E-state index in [1.54, 1.807) is 0 Å². The van der Waals surface area contributed by atoms with Crippen LogP contribution in [-0.4, -0.2) is 12.5 Å². The van der Waals surface area contributed by atoms with Gasteiger partial charge >= 0.3 is 0 Å². The van der Waals surface area contributed by atoms with Gasteiger partial charge in [-0.05, 0) is 12.0 Å². The summed E-state index contributed by atoms with van der Waals surface area (Å²) in [5.74, 6) is 0.561. The molecule has 1 N–H and O–H groups in total. The van der Waals surface area contributed by atoms with Crippen LogP contribution in [0.4, 0.5) is 0 Å². The van der Waals surface area contributed by atoms with Crippen molar-refractivity contribution in [3.8, 4) is 0 Å². The molecule has 1 rings (SSSR count). The molecule has 0 radical (unpaired) electrons. The lowest BCUT2D eigenvalue weighted by atomic mass is 9.96. The molecule has 2 nitrogen and oxygen atoms in total. The molecule has 0 unspecified atom stereocenters. The minimum absolute atomic E-state index is 0.129. The number of carbonyl (C=O) groups excluding carboxylic acids is 1. The van der Waals surface area contributed by atoms with Crippen LogP contribution in [0.5, 0.6) is 0 Å². The fourth-order valence-corrected chi connectivity index (χ4v) is 1.59. The van der Waals surface area contributed by atoms with Crippen molar-refractivity contribution >= 4 is 5.91 Å².